The first kappa shape index (κ1) is 33.3. The van der Waals surface area contributed by atoms with Crippen LogP contribution in [0, 0.1) is 11.8 Å². The zero-order valence-electron chi connectivity index (χ0n) is 28.2. The number of fused-ring (bicyclic) bond motifs is 2. The van der Waals surface area contributed by atoms with E-state index in [2.05, 4.69) is 79.9 Å². The second-order valence-electron chi connectivity index (χ2n) is 14.7. The monoisotopic (exact) mass is 626 g/mol. The number of hydrogen-bond acceptors (Lipinski definition) is 7. The second-order valence-corrected chi connectivity index (χ2v) is 24.2. The van der Waals surface area contributed by atoms with Crippen LogP contribution in [0.4, 0.5) is 0 Å². The van der Waals surface area contributed by atoms with Gasteiger partial charge < -0.3 is 27.8 Å². The minimum absolute atomic E-state index is 0.0318. The summed E-state index contributed by atoms with van der Waals surface area (Å²) < 4.78 is 37.3. The van der Waals surface area contributed by atoms with Crippen molar-refractivity contribution >= 4 is 28.7 Å². The molecule has 1 saturated heterocycles. The van der Waals surface area contributed by atoms with Gasteiger partial charge in [-0.15, -0.1) is 0 Å². The minimum atomic E-state index is -2.29. The van der Waals surface area contributed by atoms with Crippen LogP contribution in [0.3, 0.4) is 0 Å². The Morgan fingerprint density at radius 1 is 0.721 bits per heavy atom. The first-order chi connectivity index (χ1) is 19.9. The van der Waals surface area contributed by atoms with Crippen molar-refractivity contribution in [2.75, 3.05) is 21.3 Å². The number of hydrogen-bond donors (Lipinski definition) is 0. The standard InChI is InChI=1S/C34H50O7Si2/c1-33(2,3)42(10,11)40-29-22-16-14-15-17-23(22)30(41-43(12,13)34(4,5)6)28-27(29)24(39-32(28)35)18-21-19-25(36-7)31(38-9)26(20-21)37-8/h14-20,27-30H,1-13H3/b24-18-/t27-,28+,29+,30-/m1/s1. The maximum absolute atomic E-state index is 14.0. The van der Waals surface area contributed by atoms with Crippen molar-refractivity contribution in [3.8, 4) is 17.2 Å². The Balaban J connectivity index is 1.94. The third-order valence-electron chi connectivity index (χ3n) is 9.92. The van der Waals surface area contributed by atoms with Crippen molar-refractivity contribution < 1.29 is 32.6 Å². The highest BCUT2D eigenvalue weighted by molar-refractivity contribution is 6.74. The molecule has 0 radical (unpaired) electrons. The van der Waals surface area contributed by atoms with Gasteiger partial charge in [-0.05, 0) is 71.2 Å². The quantitative estimate of drug-likeness (QED) is 0.214. The number of carbonyl (C=O) groups is 1. The molecular weight excluding hydrogens is 577 g/mol. The zero-order chi connectivity index (χ0) is 32.1. The summed E-state index contributed by atoms with van der Waals surface area (Å²) in [5, 5.41) is -0.0701. The van der Waals surface area contributed by atoms with Gasteiger partial charge in [0.1, 0.15) is 5.76 Å². The SMILES string of the molecule is COc1cc(/C=C2\OC(=O)[C@H]3[C@@H]2[C@@H](O[Si](C)(C)C(C)(C)C)c2ccccc2[C@H]3O[Si](C)(C)C(C)(C)C)cc(OC)c1OC. The van der Waals surface area contributed by atoms with E-state index in [9.17, 15) is 4.79 Å². The summed E-state index contributed by atoms with van der Waals surface area (Å²) in [5.41, 5.74) is 2.85. The summed E-state index contributed by atoms with van der Waals surface area (Å²) in [6.07, 6.45) is 1.09. The Hall–Kier alpha value is -2.60. The molecule has 2 aromatic carbocycles. The molecular formula is C34H50O7Si2. The molecule has 0 unspecified atom stereocenters. The van der Waals surface area contributed by atoms with Gasteiger partial charge in [-0.25, -0.2) is 0 Å². The van der Waals surface area contributed by atoms with Gasteiger partial charge in [0.05, 0.1) is 45.4 Å². The molecule has 0 saturated carbocycles. The van der Waals surface area contributed by atoms with Crippen molar-refractivity contribution in [2.45, 2.75) is 90.0 Å². The molecule has 2 aromatic rings. The topological polar surface area (TPSA) is 72.5 Å². The Labute approximate surface area is 260 Å². The molecule has 236 valence electrons. The normalized spacial score (nSPS) is 23.5. The smallest absolute Gasteiger partial charge is 0.317 e. The second kappa shape index (κ2) is 11.7. The predicted molar refractivity (Wildman–Crippen MR) is 176 cm³/mol. The number of esters is 1. The molecule has 2 aliphatic rings. The van der Waals surface area contributed by atoms with Crippen molar-refractivity contribution in [3.05, 3.63) is 58.8 Å². The first-order valence-corrected chi connectivity index (χ1v) is 20.9. The van der Waals surface area contributed by atoms with E-state index in [1.54, 1.807) is 21.3 Å². The maximum Gasteiger partial charge on any atom is 0.317 e. The fraction of sp³-hybridized carbons (Fsp3) is 0.559. The van der Waals surface area contributed by atoms with Crippen molar-refractivity contribution in [1.82, 2.24) is 0 Å². The molecule has 1 fully saturated rings. The zero-order valence-corrected chi connectivity index (χ0v) is 30.2. The Kier molecular flexibility index (Phi) is 9.08. The number of methoxy groups -OCH3 is 3. The molecule has 0 spiro atoms. The van der Waals surface area contributed by atoms with E-state index in [1.807, 2.05) is 30.3 Å². The lowest BCUT2D eigenvalue weighted by Crippen LogP contribution is -2.48. The van der Waals surface area contributed by atoms with Crippen LogP contribution >= 0.6 is 0 Å². The molecule has 1 aliphatic heterocycles. The summed E-state index contributed by atoms with van der Waals surface area (Å²) in [6.45, 7) is 22.3. The van der Waals surface area contributed by atoms with Gasteiger partial charge in [0.25, 0.3) is 0 Å². The van der Waals surface area contributed by atoms with Crippen molar-refractivity contribution in [3.63, 3.8) is 0 Å². The van der Waals surface area contributed by atoms with E-state index in [4.69, 9.17) is 27.8 Å². The van der Waals surface area contributed by atoms with Gasteiger partial charge in [0.15, 0.2) is 28.1 Å². The summed E-state index contributed by atoms with van der Waals surface area (Å²) in [6, 6.07) is 12.0. The molecule has 1 heterocycles. The lowest BCUT2D eigenvalue weighted by molar-refractivity contribution is -0.143. The van der Waals surface area contributed by atoms with E-state index in [0.717, 1.165) is 16.7 Å². The highest BCUT2D eigenvalue weighted by atomic mass is 28.4. The van der Waals surface area contributed by atoms with Crippen LogP contribution in [0.5, 0.6) is 17.2 Å². The number of cyclic esters (lactones) is 1. The van der Waals surface area contributed by atoms with Gasteiger partial charge in [0.2, 0.25) is 5.75 Å². The lowest BCUT2D eigenvalue weighted by Gasteiger charge is -2.47. The summed E-state index contributed by atoms with van der Waals surface area (Å²) >= 11 is 0. The highest BCUT2D eigenvalue weighted by Crippen LogP contribution is 2.58. The van der Waals surface area contributed by atoms with Crippen LogP contribution in [-0.4, -0.2) is 43.9 Å². The number of carbonyl (C=O) groups excluding carboxylic acids is 1. The van der Waals surface area contributed by atoms with Crippen molar-refractivity contribution in [1.29, 1.82) is 0 Å². The Morgan fingerprint density at radius 2 is 1.16 bits per heavy atom. The summed E-state index contributed by atoms with van der Waals surface area (Å²) in [4.78, 5) is 14.0. The lowest BCUT2D eigenvalue weighted by atomic mass is 9.72. The number of benzene rings is 2. The molecule has 0 N–H and O–H groups in total. The van der Waals surface area contributed by atoms with Crippen LogP contribution in [0.15, 0.2) is 42.2 Å². The van der Waals surface area contributed by atoms with Gasteiger partial charge >= 0.3 is 5.97 Å². The molecule has 4 rings (SSSR count). The number of rotatable bonds is 8. The average Bonchev–Trinajstić information content (AvgIpc) is 3.23. The van der Waals surface area contributed by atoms with E-state index >= 15 is 0 Å². The largest absolute Gasteiger partial charge is 0.493 e. The molecule has 0 bridgehead atoms. The summed E-state index contributed by atoms with van der Waals surface area (Å²) in [5.74, 6) is 0.907. The maximum atomic E-state index is 14.0. The van der Waals surface area contributed by atoms with Crippen LogP contribution < -0.4 is 14.2 Å². The van der Waals surface area contributed by atoms with E-state index in [0.29, 0.717) is 23.0 Å². The average molecular weight is 627 g/mol. The molecule has 4 atom stereocenters. The molecule has 1 aliphatic carbocycles. The minimum Gasteiger partial charge on any atom is -0.493 e. The van der Waals surface area contributed by atoms with E-state index in [-0.39, 0.29) is 28.1 Å². The third kappa shape index (κ3) is 6.19. The molecule has 0 aromatic heterocycles. The summed E-state index contributed by atoms with van der Waals surface area (Å²) in [7, 11) is 0.176. The van der Waals surface area contributed by atoms with Crippen LogP contribution in [-0.2, 0) is 18.4 Å². The Morgan fingerprint density at radius 3 is 1.56 bits per heavy atom. The highest BCUT2D eigenvalue weighted by Gasteiger charge is 2.58. The van der Waals surface area contributed by atoms with Crippen molar-refractivity contribution in [2.24, 2.45) is 11.8 Å². The Bertz CT molecular complexity index is 1360. The molecule has 7 nitrogen and oxygen atoms in total. The van der Waals surface area contributed by atoms with Gasteiger partial charge in [-0.3, -0.25) is 4.79 Å². The van der Waals surface area contributed by atoms with Gasteiger partial charge in [0, 0.05) is 0 Å². The van der Waals surface area contributed by atoms with Gasteiger partial charge in [-0.1, -0.05) is 65.8 Å². The molecule has 43 heavy (non-hydrogen) atoms. The fourth-order valence-corrected chi connectivity index (χ4v) is 7.90. The van der Waals surface area contributed by atoms with E-state index < -0.39 is 28.7 Å². The van der Waals surface area contributed by atoms with Crippen LogP contribution in [0.1, 0.15) is 70.4 Å². The molecule has 0 amide bonds. The predicted octanol–water partition coefficient (Wildman–Crippen LogP) is 8.68. The van der Waals surface area contributed by atoms with Gasteiger partial charge in [-0.2, -0.15) is 0 Å². The molecule has 9 heteroatoms. The van der Waals surface area contributed by atoms with E-state index in [1.165, 1.54) is 0 Å². The first-order valence-electron chi connectivity index (χ1n) is 15.0. The third-order valence-corrected chi connectivity index (χ3v) is 18.8. The van der Waals surface area contributed by atoms with Crippen LogP contribution in [0.25, 0.3) is 6.08 Å². The number of ether oxygens (including phenoxy) is 4. The fourth-order valence-electron chi connectivity index (χ4n) is 5.38. The van der Waals surface area contributed by atoms with Crippen LogP contribution in [0.2, 0.25) is 36.3 Å².